The van der Waals surface area contributed by atoms with Crippen LogP contribution in [0.25, 0.3) is 0 Å². The van der Waals surface area contributed by atoms with Crippen LogP contribution in [0.2, 0.25) is 0 Å². The van der Waals surface area contributed by atoms with Crippen LogP contribution in [0.4, 0.5) is 17.8 Å². The van der Waals surface area contributed by atoms with Crippen LogP contribution in [0, 0.1) is 0 Å². The van der Waals surface area contributed by atoms with Gasteiger partial charge in [0.05, 0.1) is 6.54 Å². The van der Waals surface area contributed by atoms with Gasteiger partial charge in [0, 0.05) is 13.1 Å². The van der Waals surface area contributed by atoms with Gasteiger partial charge in [-0.2, -0.15) is 15.0 Å². The highest BCUT2D eigenvalue weighted by molar-refractivity contribution is 5.79. The molecule has 1 aliphatic heterocycles. The van der Waals surface area contributed by atoms with E-state index in [1.165, 1.54) is 0 Å². The first-order chi connectivity index (χ1) is 9.06. The Balaban J connectivity index is 2.06. The number of carbonyl (C=O) groups is 1. The summed E-state index contributed by atoms with van der Waals surface area (Å²) in [4.78, 5) is 24.9. The number of hydrogen-bond donors (Lipinski definition) is 4. The first kappa shape index (κ1) is 13.3. The Morgan fingerprint density at radius 1 is 1.37 bits per heavy atom. The van der Waals surface area contributed by atoms with E-state index in [-0.39, 0.29) is 18.4 Å². The second-order valence-corrected chi connectivity index (χ2v) is 4.31. The van der Waals surface area contributed by atoms with Gasteiger partial charge in [0.1, 0.15) is 6.10 Å². The number of anilines is 3. The van der Waals surface area contributed by atoms with E-state index in [1.54, 1.807) is 0 Å². The molecule has 2 heterocycles. The van der Waals surface area contributed by atoms with Gasteiger partial charge >= 0.3 is 0 Å². The molecule has 0 aliphatic carbocycles. The van der Waals surface area contributed by atoms with Crippen LogP contribution in [0.15, 0.2) is 0 Å². The molecule has 1 aromatic heterocycles. The number of carbonyl (C=O) groups excluding carboxylic acids is 1. The molecule has 0 aromatic carbocycles. The van der Waals surface area contributed by atoms with E-state index in [0.717, 1.165) is 25.9 Å². The molecule has 9 heteroatoms. The molecule has 2 rings (SSSR count). The molecule has 0 bridgehead atoms. The SMILES string of the molecule is NC(=O)C(O)CNc1nc(N)nc(N2CCCC2)n1. The van der Waals surface area contributed by atoms with Gasteiger partial charge in [0.2, 0.25) is 23.8 Å². The van der Waals surface area contributed by atoms with Crippen LogP contribution in [-0.4, -0.2) is 51.7 Å². The van der Waals surface area contributed by atoms with Crippen molar-refractivity contribution in [3.8, 4) is 0 Å². The number of aliphatic hydroxyl groups excluding tert-OH is 1. The third-order valence-corrected chi connectivity index (χ3v) is 2.81. The van der Waals surface area contributed by atoms with Crippen LogP contribution in [-0.2, 0) is 4.79 Å². The monoisotopic (exact) mass is 267 g/mol. The molecule has 1 aromatic rings. The number of aliphatic hydroxyl groups is 1. The average molecular weight is 267 g/mol. The normalized spacial score (nSPS) is 16.4. The van der Waals surface area contributed by atoms with Gasteiger partial charge in [0.15, 0.2) is 0 Å². The second-order valence-electron chi connectivity index (χ2n) is 4.31. The van der Waals surface area contributed by atoms with E-state index < -0.39 is 12.0 Å². The van der Waals surface area contributed by atoms with E-state index in [0.29, 0.717) is 5.95 Å². The second kappa shape index (κ2) is 5.65. The van der Waals surface area contributed by atoms with Crippen LogP contribution in [0.3, 0.4) is 0 Å². The van der Waals surface area contributed by atoms with Gasteiger partial charge in [-0.25, -0.2) is 0 Å². The van der Waals surface area contributed by atoms with Crippen molar-refractivity contribution in [2.24, 2.45) is 5.73 Å². The summed E-state index contributed by atoms with van der Waals surface area (Å²) < 4.78 is 0. The highest BCUT2D eigenvalue weighted by atomic mass is 16.3. The number of nitrogens with one attached hydrogen (secondary N) is 1. The van der Waals surface area contributed by atoms with Gasteiger partial charge in [-0.1, -0.05) is 0 Å². The standard InChI is InChI=1S/C10H17N7O2/c11-7(19)6(18)5-13-9-14-8(12)15-10(16-9)17-3-1-2-4-17/h6,18H,1-5H2,(H2,11,19)(H3,12,13,14,15,16). The molecule has 1 atom stereocenters. The lowest BCUT2D eigenvalue weighted by molar-refractivity contribution is -0.125. The molecule has 9 nitrogen and oxygen atoms in total. The van der Waals surface area contributed by atoms with Crippen molar-refractivity contribution in [3.63, 3.8) is 0 Å². The molecule has 1 unspecified atom stereocenters. The molecule has 0 spiro atoms. The van der Waals surface area contributed by atoms with Crippen molar-refractivity contribution >= 4 is 23.8 Å². The summed E-state index contributed by atoms with van der Waals surface area (Å²) in [6, 6.07) is 0. The number of nitrogens with zero attached hydrogens (tertiary/aromatic N) is 4. The predicted molar refractivity (Wildman–Crippen MR) is 69.4 cm³/mol. The minimum atomic E-state index is -1.30. The molecular formula is C10H17N7O2. The summed E-state index contributed by atoms with van der Waals surface area (Å²) in [6.45, 7) is 1.69. The molecule has 104 valence electrons. The topological polar surface area (TPSA) is 143 Å². The van der Waals surface area contributed by atoms with Crippen molar-refractivity contribution in [2.45, 2.75) is 18.9 Å². The highest BCUT2D eigenvalue weighted by Crippen LogP contribution is 2.17. The summed E-state index contributed by atoms with van der Waals surface area (Å²) in [6.07, 6.45) is 0.886. The Hall–Kier alpha value is -2.16. The predicted octanol–water partition coefficient (Wildman–Crippen LogP) is -1.69. The quantitative estimate of drug-likeness (QED) is 0.495. The average Bonchev–Trinajstić information content (AvgIpc) is 2.89. The third-order valence-electron chi connectivity index (χ3n) is 2.81. The van der Waals surface area contributed by atoms with Crippen LogP contribution in [0.5, 0.6) is 0 Å². The first-order valence-electron chi connectivity index (χ1n) is 6.04. The molecule has 19 heavy (non-hydrogen) atoms. The van der Waals surface area contributed by atoms with E-state index >= 15 is 0 Å². The van der Waals surface area contributed by atoms with Gasteiger partial charge in [0.25, 0.3) is 0 Å². The molecule has 0 radical (unpaired) electrons. The van der Waals surface area contributed by atoms with Crippen molar-refractivity contribution in [1.82, 2.24) is 15.0 Å². The number of nitrogen functional groups attached to an aromatic ring is 1. The fraction of sp³-hybridized carbons (Fsp3) is 0.600. The Morgan fingerprint density at radius 3 is 2.68 bits per heavy atom. The number of nitrogens with two attached hydrogens (primary N) is 2. The van der Waals surface area contributed by atoms with Crippen LogP contribution < -0.4 is 21.7 Å². The Bertz CT molecular complexity index is 461. The molecule has 1 amide bonds. The lowest BCUT2D eigenvalue weighted by atomic mass is 10.3. The first-order valence-corrected chi connectivity index (χ1v) is 6.04. The molecule has 0 saturated carbocycles. The number of rotatable bonds is 5. The Kier molecular flexibility index (Phi) is 3.95. The van der Waals surface area contributed by atoms with Crippen molar-refractivity contribution in [1.29, 1.82) is 0 Å². The van der Waals surface area contributed by atoms with Crippen molar-refractivity contribution in [2.75, 3.05) is 35.6 Å². The van der Waals surface area contributed by atoms with E-state index in [9.17, 15) is 9.90 Å². The summed E-state index contributed by atoms with van der Waals surface area (Å²) in [5.41, 5.74) is 10.6. The van der Waals surface area contributed by atoms with E-state index in [4.69, 9.17) is 11.5 Å². The minimum absolute atomic E-state index is 0.0712. The molecule has 6 N–H and O–H groups in total. The van der Waals surface area contributed by atoms with Gasteiger partial charge in [-0.15, -0.1) is 0 Å². The zero-order chi connectivity index (χ0) is 13.8. The lowest BCUT2D eigenvalue weighted by Crippen LogP contribution is -2.34. The molecule has 1 saturated heterocycles. The molecule has 1 fully saturated rings. The number of primary amides is 1. The summed E-state index contributed by atoms with van der Waals surface area (Å²) in [7, 11) is 0. The van der Waals surface area contributed by atoms with Gasteiger partial charge < -0.3 is 26.8 Å². The third kappa shape index (κ3) is 3.41. The maximum absolute atomic E-state index is 10.7. The molecular weight excluding hydrogens is 250 g/mol. The number of aromatic nitrogens is 3. The van der Waals surface area contributed by atoms with Gasteiger partial charge in [-0.05, 0) is 12.8 Å². The zero-order valence-electron chi connectivity index (χ0n) is 10.4. The largest absolute Gasteiger partial charge is 0.381 e. The Labute approximate surface area is 110 Å². The molecule has 1 aliphatic rings. The minimum Gasteiger partial charge on any atom is -0.381 e. The van der Waals surface area contributed by atoms with Crippen molar-refractivity contribution < 1.29 is 9.90 Å². The van der Waals surface area contributed by atoms with E-state index in [1.807, 2.05) is 4.90 Å². The summed E-state index contributed by atoms with van der Waals surface area (Å²) in [5.74, 6) is -0.00183. The number of amides is 1. The van der Waals surface area contributed by atoms with Crippen LogP contribution >= 0.6 is 0 Å². The number of hydrogen-bond acceptors (Lipinski definition) is 8. The fourth-order valence-corrected chi connectivity index (χ4v) is 1.81. The highest BCUT2D eigenvalue weighted by Gasteiger charge is 2.17. The summed E-state index contributed by atoms with van der Waals surface area (Å²) in [5, 5.41) is 12.0. The zero-order valence-corrected chi connectivity index (χ0v) is 10.4. The Morgan fingerprint density at radius 2 is 2.05 bits per heavy atom. The fourth-order valence-electron chi connectivity index (χ4n) is 1.81. The summed E-state index contributed by atoms with van der Waals surface area (Å²) >= 11 is 0. The van der Waals surface area contributed by atoms with E-state index in [2.05, 4.69) is 20.3 Å². The van der Waals surface area contributed by atoms with Crippen molar-refractivity contribution in [3.05, 3.63) is 0 Å². The van der Waals surface area contributed by atoms with Crippen LogP contribution in [0.1, 0.15) is 12.8 Å². The smallest absolute Gasteiger partial charge is 0.248 e. The maximum atomic E-state index is 10.7. The lowest BCUT2D eigenvalue weighted by Gasteiger charge is -2.16. The van der Waals surface area contributed by atoms with Gasteiger partial charge in [-0.3, -0.25) is 4.79 Å². The maximum Gasteiger partial charge on any atom is 0.248 e.